The first kappa shape index (κ1) is 16.7. The predicted octanol–water partition coefficient (Wildman–Crippen LogP) is 5.20. The number of hydrogen-bond donors (Lipinski definition) is 1. The Balaban J connectivity index is 3.01. The van der Waals surface area contributed by atoms with Gasteiger partial charge in [-0.1, -0.05) is 64.0 Å². The highest BCUT2D eigenvalue weighted by Gasteiger charge is 1.94. The molecule has 2 N–H and O–H groups in total. The number of allylic oxidation sites excluding steroid dienone is 2. The van der Waals surface area contributed by atoms with Crippen LogP contribution in [0.1, 0.15) is 84.5 Å². The van der Waals surface area contributed by atoms with Gasteiger partial charge in [-0.05, 0) is 32.6 Å². The summed E-state index contributed by atoms with van der Waals surface area (Å²) >= 11 is 0. The van der Waals surface area contributed by atoms with Crippen molar-refractivity contribution in [3.63, 3.8) is 0 Å². The standard InChI is InChI=1S/C16H33N/c1-3-4-5-6-7-8-9-10-11-12-13-14-15-16(2)17/h6-7,16H,3-5,8-15,17H2,1-2H3. The monoisotopic (exact) mass is 239 g/mol. The van der Waals surface area contributed by atoms with Crippen molar-refractivity contribution in [3.05, 3.63) is 12.2 Å². The summed E-state index contributed by atoms with van der Waals surface area (Å²) in [6.45, 7) is 4.35. The van der Waals surface area contributed by atoms with E-state index in [-0.39, 0.29) is 0 Å². The topological polar surface area (TPSA) is 26.0 Å². The van der Waals surface area contributed by atoms with E-state index in [0.717, 1.165) is 0 Å². The largest absolute Gasteiger partial charge is 0.328 e. The van der Waals surface area contributed by atoms with Crippen LogP contribution in [0.15, 0.2) is 12.2 Å². The maximum absolute atomic E-state index is 5.72. The minimum atomic E-state index is 0.392. The molecule has 0 saturated carbocycles. The van der Waals surface area contributed by atoms with Crippen LogP contribution in [0.4, 0.5) is 0 Å². The fourth-order valence-corrected chi connectivity index (χ4v) is 1.99. The fraction of sp³-hybridized carbons (Fsp3) is 0.875. The molecule has 0 heterocycles. The number of unbranched alkanes of at least 4 members (excludes halogenated alkanes) is 8. The highest BCUT2D eigenvalue weighted by atomic mass is 14.6. The average molecular weight is 239 g/mol. The van der Waals surface area contributed by atoms with Gasteiger partial charge in [-0.3, -0.25) is 0 Å². The molecule has 0 radical (unpaired) electrons. The van der Waals surface area contributed by atoms with E-state index in [1.807, 2.05) is 0 Å². The Hall–Kier alpha value is -0.300. The van der Waals surface area contributed by atoms with E-state index in [4.69, 9.17) is 5.73 Å². The Labute approximate surface area is 109 Å². The summed E-state index contributed by atoms with van der Waals surface area (Å²) in [5, 5.41) is 0. The van der Waals surface area contributed by atoms with E-state index in [9.17, 15) is 0 Å². The molecule has 17 heavy (non-hydrogen) atoms. The van der Waals surface area contributed by atoms with Crippen molar-refractivity contribution in [3.8, 4) is 0 Å². The molecule has 1 nitrogen and oxygen atoms in total. The van der Waals surface area contributed by atoms with Crippen molar-refractivity contribution in [1.82, 2.24) is 0 Å². The Bertz CT molecular complexity index is 161. The van der Waals surface area contributed by atoms with Crippen LogP contribution in [0.25, 0.3) is 0 Å². The Kier molecular flexibility index (Phi) is 13.5. The molecule has 1 heteroatoms. The van der Waals surface area contributed by atoms with Crippen LogP contribution >= 0.6 is 0 Å². The molecule has 0 aromatic rings. The third-order valence-electron chi connectivity index (χ3n) is 3.17. The van der Waals surface area contributed by atoms with Crippen LogP contribution in [-0.4, -0.2) is 6.04 Å². The van der Waals surface area contributed by atoms with Gasteiger partial charge in [0, 0.05) is 6.04 Å². The lowest BCUT2D eigenvalue weighted by Gasteiger charge is -2.04. The average Bonchev–Trinajstić information content (AvgIpc) is 2.30. The van der Waals surface area contributed by atoms with Crippen molar-refractivity contribution in [2.75, 3.05) is 0 Å². The summed E-state index contributed by atoms with van der Waals surface area (Å²) < 4.78 is 0. The van der Waals surface area contributed by atoms with Crippen molar-refractivity contribution in [2.45, 2.75) is 90.5 Å². The molecule has 0 aliphatic carbocycles. The summed E-state index contributed by atoms with van der Waals surface area (Å²) in [7, 11) is 0. The van der Waals surface area contributed by atoms with Crippen LogP contribution in [0.3, 0.4) is 0 Å². The fourth-order valence-electron chi connectivity index (χ4n) is 1.99. The summed E-state index contributed by atoms with van der Waals surface area (Å²) in [6, 6.07) is 0.392. The summed E-state index contributed by atoms with van der Waals surface area (Å²) in [5.41, 5.74) is 5.72. The first-order chi connectivity index (χ1) is 8.27. The summed E-state index contributed by atoms with van der Waals surface area (Å²) in [6.07, 6.45) is 19.4. The van der Waals surface area contributed by atoms with Gasteiger partial charge < -0.3 is 5.73 Å². The summed E-state index contributed by atoms with van der Waals surface area (Å²) in [5.74, 6) is 0. The molecule has 0 bridgehead atoms. The van der Waals surface area contributed by atoms with Gasteiger partial charge in [0.1, 0.15) is 0 Å². The van der Waals surface area contributed by atoms with Crippen LogP contribution < -0.4 is 5.73 Å². The van der Waals surface area contributed by atoms with Gasteiger partial charge in [-0.2, -0.15) is 0 Å². The molecule has 0 spiro atoms. The van der Waals surface area contributed by atoms with Gasteiger partial charge in [0.15, 0.2) is 0 Å². The molecule has 0 aliphatic heterocycles. The molecular weight excluding hydrogens is 206 g/mol. The first-order valence-electron chi connectivity index (χ1n) is 7.68. The first-order valence-corrected chi connectivity index (χ1v) is 7.68. The van der Waals surface area contributed by atoms with E-state index in [2.05, 4.69) is 26.0 Å². The van der Waals surface area contributed by atoms with E-state index < -0.39 is 0 Å². The molecule has 1 atom stereocenters. The van der Waals surface area contributed by atoms with Crippen molar-refractivity contribution >= 4 is 0 Å². The smallest absolute Gasteiger partial charge is 0.00104 e. The van der Waals surface area contributed by atoms with Gasteiger partial charge in [-0.25, -0.2) is 0 Å². The van der Waals surface area contributed by atoms with Crippen molar-refractivity contribution in [2.24, 2.45) is 5.73 Å². The number of nitrogens with two attached hydrogens (primary N) is 1. The van der Waals surface area contributed by atoms with Crippen LogP contribution in [0.2, 0.25) is 0 Å². The van der Waals surface area contributed by atoms with E-state index in [1.54, 1.807) is 0 Å². The minimum absolute atomic E-state index is 0.392. The second-order valence-corrected chi connectivity index (χ2v) is 5.29. The zero-order valence-electron chi connectivity index (χ0n) is 12.1. The molecule has 0 amide bonds. The van der Waals surface area contributed by atoms with Gasteiger partial charge >= 0.3 is 0 Å². The predicted molar refractivity (Wildman–Crippen MR) is 79.3 cm³/mol. The minimum Gasteiger partial charge on any atom is -0.328 e. The SMILES string of the molecule is CCCCC=CCCCCCCCCC(C)N. The maximum Gasteiger partial charge on any atom is 0.00104 e. The quantitative estimate of drug-likeness (QED) is 0.367. The Morgan fingerprint density at radius 3 is 1.94 bits per heavy atom. The molecule has 0 fully saturated rings. The molecule has 0 aliphatic rings. The zero-order valence-corrected chi connectivity index (χ0v) is 12.1. The van der Waals surface area contributed by atoms with E-state index in [0.29, 0.717) is 6.04 Å². The lowest BCUT2D eigenvalue weighted by molar-refractivity contribution is 0.550. The van der Waals surface area contributed by atoms with Crippen molar-refractivity contribution in [1.29, 1.82) is 0 Å². The normalized spacial score (nSPS) is 13.4. The number of rotatable bonds is 12. The van der Waals surface area contributed by atoms with E-state index in [1.165, 1.54) is 70.6 Å². The second-order valence-electron chi connectivity index (χ2n) is 5.29. The highest BCUT2D eigenvalue weighted by molar-refractivity contribution is 4.81. The third-order valence-corrected chi connectivity index (χ3v) is 3.17. The molecule has 102 valence electrons. The lowest BCUT2D eigenvalue weighted by atomic mass is 10.1. The van der Waals surface area contributed by atoms with Crippen molar-refractivity contribution < 1.29 is 0 Å². The van der Waals surface area contributed by atoms with Crippen LogP contribution in [0.5, 0.6) is 0 Å². The second kappa shape index (κ2) is 13.8. The maximum atomic E-state index is 5.72. The van der Waals surface area contributed by atoms with Gasteiger partial charge in [0.2, 0.25) is 0 Å². The summed E-state index contributed by atoms with van der Waals surface area (Å²) in [4.78, 5) is 0. The van der Waals surface area contributed by atoms with Gasteiger partial charge in [0.05, 0.1) is 0 Å². The molecule has 0 aromatic heterocycles. The Morgan fingerprint density at radius 1 is 0.824 bits per heavy atom. The molecule has 0 saturated heterocycles. The van der Waals surface area contributed by atoms with Crippen LogP contribution in [0, 0.1) is 0 Å². The van der Waals surface area contributed by atoms with Gasteiger partial charge in [0.25, 0.3) is 0 Å². The number of hydrogen-bond acceptors (Lipinski definition) is 1. The third kappa shape index (κ3) is 15.7. The Morgan fingerprint density at radius 2 is 1.35 bits per heavy atom. The lowest BCUT2D eigenvalue weighted by Crippen LogP contribution is -2.13. The molecular formula is C16H33N. The van der Waals surface area contributed by atoms with Crippen LogP contribution in [-0.2, 0) is 0 Å². The molecule has 0 aromatic carbocycles. The van der Waals surface area contributed by atoms with E-state index >= 15 is 0 Å². The molecule has 1 unspecified atom stereocenters. The molecule has 0 rings (SSSR count). The zero-order chi connectivity index (χ0) is 12.8. The van der Waals surface area contributed by atoms with Gasteiger partial charge in [-0.15, -0.1) is 0 Å². The highest BCUT2D eigenvalue weighted by Crippen LogP contribution is 2.09.